The number of fused-ring (bicyclic) bond motifs is 5. The number of carbonyl (C=O) groups is 3. The molecule has 2 aliphatic carbocycles. The van der Waals surface area contributed by atoms with Crippen molar-refractivity contribution in [1.82, 2.24) is 15.2 Å². The van der Waals surface area contributed by atoms with Gasteiger partial charge >= 0.3 is 12.1 Å². The monoisotopic (exact) mass is 619 g/mol. The molecule has 1 saturated heterocycles. The molecule has 3 fully saturated rings. The summed E-state index contributed by atoms with van der Waals surface area (Å²) in [6.45, 7) is 2.61. The third-order valence-electron chi connectivity index (χ3n) is 9.94. The summed E-state index contributed by atoms with van der Waals surface area (Å²) in [7, 11) is 1.33. The van der Waals surface area contributed by atoms with Crippen LogP contribution in [-0.4, -0.2) is 72.4 Å². The van der Waals surface area contributed by atoms with Gasteiger partial charge in [-0.1, -0.05) is 37.1 Å². The fourth-order valence-corrected chi connectivity index (χ4v) is 7.70. The summed E-state index contributed by atoms with van der Waals surface area (Å²) in [6, 6.07) is 6.21. The van der Waals surface area contributed by atoms with Gasteiger partial charge in [-0.15, -0.1) is 0 Å². The predicted octanol–water partition coefficient (Wildman–Crippen LogP) is 5.50. The Bertz CT molecular complexity index is 1420. The second-order valence-corrected chi connectivity index (χ2v) is 12.7. The number of benzene rings is 1. The number of nitrogens with zero attached hydrogens (tertiary/aromatic N) is 2. The van der Waals surface area contributed by atoms with E-state index >= 15 is 0 Å². The fourth-order valence-electron chi connectivity index (χ4n) is 7.70. The first-order valence-electron chi connectivity index (χ1n) is 16.7. The zero-order chi connectivity index (χ0) is 31.3. The number of nitrogens with one attached hydrogen (secondary N) is 1. The number of rotatable bonds is 4. The minimum Gasteiger partial charge on any atom is -0.493 e. The molecule has 1 aromatic heterocycles. The van der Waals surface area contributed by atoms with Crippen molar-refractivity contribution < 1.29 is 33.3 Å². The lowest BCUT2D eigenvalue weighted by Gasteiger charge is -2.31. The van der Waals surface area contributed by atoms with Crippen LogP contribution in [0.1, 0.15) is 76.7 Å². The van der Waals surface area contributed by atoms with Crippen LogP contribution in [-0.2, 0) is 25.5 Å². The van der Waals surface area contributed by atoms with Crippen LogP contribution in [0.5, 0.6) is 11.6 Å². The van der Waals surface area contributed by atoms with Gasteiger partial charge in [0.15, 0.2) is 0 Å². The van der Waals surface area contributed by atoms with Crippen molar-refractivity contribution in [2.45, 2.75) is 102 Å². The van der Waals surface area contributed by atoms with Crippen LogP contribution < -0.4 is 14.8 Å². The highest BCUT2D eigenvalue weighted by Gasteiger charge is 2.46. The Morgan fingerprint density at radius 1 is 1.02 bits per heavy atom. The number of alkyl carbamates (subject to hydrolysis) is 1. The molecule has 1 aromatic carbocycles. The Morgan fingerprint density at radius 2 is 1.82 bits per heavy atom. The molecule has 5 atom stereocenters. The molecule has 2 bridgehead atoms. The van der Waals surface area contributed by atoms with Gasteiger partial charge in [-0.25, -0.2) is 14.6 Å². The van der Waals surface area contributed by atoms with Crippen molar-refractivity contribution in [1.29, 1.82) is 0 Å². The number of allylic oxidation sites excluding steroid dienone is 2. The maximum Gasteiger partial charge on any atom is 0.408 e. The van der Waals surface area contributed by atoms with Gasteiger partial charge in [0, 0.05) is 11.8 Å². The smallest absolute Gasteiger partial charge is 0.408 e. The summed E-state index contributed by atoms with van der Waals surface area (Å²) in [5, 5.41) is 3.87. The predicted molar refractivity (Wildman–Crippen MR) is 168 cm³/mol. The average Bonchev–Trinajstić information content (AvgIpc) is 3.82. The Labute approximate surface area is 264 Å². The maximum absolute atomic E-state index is 14.3. The molecule has 2 saturated carbocycles. The first-order chi connectivity index (χ1) is 22.0. The SMILES string of the molecule is CCOc1c2c(nc3ccccc13)O[C@@H]1C[C@@H](C(=O)OC)N(C1)C(=O)[C@H](C1CCCC1)NC(=O)O[C@@H]1CCC[C@H]1CC/C=C/C2. The molecule has 0 radical (unpaired) electrons. The summed E-state index contributed by atoms with van der Waals surface area (Å²) in [4.78, 5) is 47.1. The van der Waals surface area contributed by atoms with Gasteiger partial charge in [0.25, 0.3) is 0 Å². The van der Waals surface area contributed by atoms with Crippen molar-refractivity contribution in [3.8, 4) is 11.6 Å². The molecule has 10 nitrogen and oxygen atoms in total. The number of esters is 1. The summed E-state index contributed by atoms with van der Waals surface area (Å²) in [6.07, 6.45) is 12.1. The molecule has 4 aliphatic rings. The molecule has 1 N–H and O–H groups in total. The lowest BCUT2D eigenvalue weighted by molar-refractivity contribution is -0.152. The van der Waals surface area contributed by atoms with Gasteiger partial charge in [0.1, 0.15) is 30.0 Å². The highest BCUT2D eigenvalue weighted by molar-refractivity contribution is 5.91. The van der Waals surface area contributed by atoms with E-state index in [1.54, 1.807) is 0 Å². The number of hydrogen-bond donors (Lipinski definition) is 1. The number of ether oxygens (including phenoxy) is 4. The lowest BCUT2D eigenvalue weighted by atomic mass is 9.96. The van der Waals surface area contributed by atoms with Crippen molar-refractivity contribution >= 4 is 28.9 Å². The molecule has 2 aromatic rings. The van der Waals surface area contributed by atoms with Gasteiger partial charge < -0.3 is 29.2 Å². The second kappa shape index (κ2) is 14.1. The third-order valence-corrected chi connectivity index (χ3v) is 9.94. The van der Waals surface area contributed by atoms with E-state index in [9.17, 15) is 14.4 Å². The molecular weight excluding hydrogens is 574 g/mol. The number of para-hydroxylation sites is 1. The van der Waals surface area contributed by atoms with E-state index in [0.29, 0.717) is 18.9 Å². The first-order valence-corrected chi connectivity index (χ1v) is 16.7. The number of aromatic nitrogens is 1. The summed E-state index contributed by atoms with van der Waals surface area (Å²) in [5.41, 5.74) is 1.59. The van der Waals surface area contributed by atoms with Crippen LogP contribution in [0.2, 0.25) is 0 Å². The summed E-state index contributed by atoms with van der Waals surface area (Å²) < 4.78 is 23.9. The molecule has 242 valence electrons. The van der Waals surface area contributed by atoms with E-state index in [0.717, 1.165) is 80.0 Å². The van der Waals surface area contributed by atoms with Crippen LogP contribution in [0.25, 0.3) is 10.9 Å². The highest BCUT2D eigenvalue weighted by Crippen LogP contribution is 2.38. The van der Waals surface area contributed by atoms with Crippen LogP contribution in [0.4, 0.5) is 4.79 Å². The molecule has 10 heteroatoms. The quantitative estimate of drug-likeness (QED) is 0.352. The Morgan fingerprint density at radius 3 is 2.62 bits per heavy atom. The second-order valence-electron chi connectivity index (χ2n) is 12.7. The molecule has 6 rings (SSSR count). The van der Waals surface area contributed by atoms with E-state index in [1.807, 2.05) is 31.2 Å². The van der Waals surface area contributed by atoms with E-state index < -0.39 is 30.3 Å². The Hall–Kier alpha value is -3.82. The van der Waals surface area contributed by atoms with Gasteiger partial charge in [-0.3, -0.25) is 4.79 Å². The topological polar surface area (TPSA) is 116 Å². The van der Waals surface area contributed by atoms with Gasteiger partial charge in [-0.05, 0) is 82.3 Å². The maximum atomic E-state index is 14.3. The van der Waals surface area contributed by atoms with Gasteiger partial charge in [0.2, 0.25) is 11.8 Å². The normalized spacial score (nSPS) is 28.7. The van der Waals surface area contributed by atoms with Crippen LogP contribution in [0, 0.1) is 11.8 Å². The largest absolute Gasteiger partial charge is 0.493 e. The Balaban J connectivity index is 1.39. The number of hydrogen-bond acceptors (Lipinski definition) is 8. The van der Waals surface area contributed by atoms with Gasteiger partial charge in [0.05, 0.1) is 31.3 Å². The molecule has 3 heterocycles. The van der Waals surface area contributed by atoms with Crippen molar-refractivity contribution in [2.75, 3.05) is 20.3 Å². The highest BCUT2D eigenvalue weighted by atomic mass is 16.6. The number of amides is 2. The van der Waals surface area contributed by atoms with Crippen LogP contribution in [0.3, 0.4) is 0 Å². The first kappa shape index (κ1) is 31.2. The van der Waals surface area contributed by atoms with Gasteiger partial charge in [-0.2, -0.15) is 0 Å². The fraction of sp³-hybridized carbons (Fsp3) is 0.600. The molecule has 0 unspecified atom stereocenters. The molecule has 0 spiro atoms. The summed E-state index contributed by atoms with van der Waals surface area (Å²) >= 11 is 0. The number of pyridine rings is 1. The number of methoxy groups -OCH3 is 1. The zero-order valence-electron chi connectivity index (χ0n) is 26.4. The molecular formula is C35H45N3O7. The van der Waals surface area contributed by atoms with Crippen molar-refractivity contribution in [2.24, 2.45) is 11.8 Å². The van der Waals surface area contributed by atoms with Crippen LogP contribution >= 0.6 is 0 Å². The molecule has 45 heavy (non-hydrogen) atoms. The minimum atomic E-state index is -0.842. The lowest BCUT2D eigenvalue weighted by Crippen LogP contribution is -2.55. The molecule has 2 amide bonds. The van der Waals surface area contributed by atoms with E-state index in [-0.39, 0.29) is 36.8 Å². The van der Waals surface area contributed by atoms with Crippen LogP contribution in [0.15, 0.2) is 36.4 Å². The van der Waals surface area contributed by atoms with E-state index in [4.69, 9.17) is 23.9 Å². The minimum absolute atomic E-state index is 0.0269. The average molecular weight is 620 g/mol. The van der Waals surface area contributed by atoms with E-state index in [2.05, 4.69) is 17.5 Å². The third kappa shape index (κ3) is 6.75. The number of carbonyl (C=O) groups excluding carboxylic acids is 3. The zero-order valence-corrected chi connectivity index (χ0v) is 26.4. The van der Waals surface area contributed by atoms with Crippen molar-refractivity contribution in [3.63, 3.8) is 0 Å². The van der Waals surface area contributed by atoms with Crippen molar-refractivity contribution in [3.05, 3.63) is 42.0 Å². The Kier molecular flexibility index (Phi) is 9.76. The molecule has 2 aliphatic heterocycles. The van der Waals surface area contributed by atoms with E-state index in [1.165, 1.54) is 12.0 Å². The standard InChI is InChI=1S/C35H45N3O7/c1-3-43-31-25-16-9-10-18-27(25)36-32-26(31)17-6-4-5-12-22-15-11-19-29(22)45-35(41)37-30(23-13-7-8-14-23)33(39)38-21-24(44-32)20-28(38)34(40)42-2/h4,6,9-10,16,18,22-24,28-30H,3,5,7-8,11-15,17,19-21H2,1-2H3,(H,37,41)/b6-4+/t22-,24-,28+,29-,30+/m1/s1. The summed E-state index contributed by atoms with van der Waals surface area (Å²) in [5.74, 6) is 0.612.